The largest absolute Gasteiger partial charge is 0.466 e. The molecule has 7 heteroatoms. The van der Waals surface area contributed by atoms with Gasteiger partial charge in [0.2, 0.25) is 0 Å². The number of aromatic nitrogens is 2. The molecule has 1 aromatic heterocycles. The minimum atomic E-state index is -0.118. The zero-order valence-electron chi connectivity index (χ0n) is 18.3. The standard InChI is InChI=1S/C22H35N5O2/c1-5-29-20(28)15-7-6-8-26(11-15)18-17(23)19(25-14-24-18)27-13-22(4)10-16(27)9-21(2,3)12-22/h14-16H,5-13,23H2,1-4H3. The quantitative estimate of drug-likeness (QED) is 0.775. The van der Waals surface area contributed by atoms with Crippen LogP contribution in [0.25, 0.3) is 0 Å². The van der Waals surface area contributed by atoms with E-state index in [4.69, 9.17) is 10.5 Å². The minimum absolute atomic E-state index is 0.117. The highest BCUT2D eigenvalue weighted by molar-refractivity contribution is 5.78. The van der Waals surface area contributed by atoms with Crippen LogP contribution in [-0.4, -0.2) is 48.2 Å². The van der Waals surface area contributed by atoms with Crippen LogP contribution < -0.4 is 15.5 Å². The Bertz CT molecular complexity index is 782. The minimum Gasteiger partial charge on any atom is -0.466 e. The summed E-state index contributed by atoms with van der Waals surface area (Å²) in [4.78, 5) is 25.9. The van der Waals surface area contributed by atoms with E-state index in [-0.39, 0.29) is 11.9 Å². The van der Waals surface area contributed by atoms with Crippen molar-refractivity contribution >= 4 is 23.3 Å². The first kappa shape index (κ1) is 20.2. The van der Waals surface area contributed by atoms with Crippen LogP contribution in [0, 0.1) is 16.7 Å². The van der Waals surface area contributed by atoms with Gasteiger partial charge in [-0.3, -0.25) is 4.79 Å². The van der Waals surface area contributed by atoms with E-state index in [9.17, 15) is 4.79 Å². The maximum atomic E-state index is 12.2. The Morgan fingerprint density at radius 2 is 2.03 bits per heavy atom. The van der Waals surface area contributed by atoms with Gasteiger partial charge in [0.25, 0.3) is 0 Å². The first-order valence-corrected chi connectivity index (χ1v) is 11.0. The maximum absolute atomic E-state index is 12.2. The predicted molar refractivity (Wildman–Crippen MR) is 115 cm³/mol. The van der Waals surface area contributed by atoms with Crippen LogP contribution in [0.15, 0.2) is 6.33 Å². The first-order chi connectivity index (χ1) is 13.7. The normalized spacial score (nSPS) is 31.0. The Morgan fingerprint density at radius 1 is 1.28 bits per heavy atom. The lowest BCUT2D eigenvalue weighted by Crippen LogP contribution is -2.40. The second-order valence-electron chi connectivity index (χ2n) is 10.3. The van der Waals surface area contributed by atoms with Crippen molar-refractivity contribution in [3.8, 4) is 0 Å². The number of fused-ring (bicyclic) bond motifs is 2. The zero-order valence-corrected chi connectivity index (χ0v) is 18.3. The van der Waals surface area contributed by atoms with Gasteiger partial charge in [-0.1, -0.05) is 20.8 Å². The van der Waals surface area contributed by atoms with Crippen LogP contribution >= 0.6 is 0 Å². The van der Waals surface area contributed by atoms with Crippen molar-refractivity contribution in [2.75, 3.05) is 41.8 Å². The monoisotopic (exact) mass is 401 g/mol. The van der Waals surface area contributed by atoms with E-state index in [0.29, 0.717) is 35.7 Å². The Balaban J connectivity index is 1.58. The van der Waals surface area contributed by atoms with Gasteiger partial charge >= 0.3 is 5.97 Å². The molecule has 0 amide bonds. The van der Waals surface area contributed by atoms with Gasteiger partial charge in [-0.15, -0.1) is 0 Å². The second-order valence-corrected chi connectivity index (χ2v) is 10.3. The van der Waals surface area contributed by atoms with Crippen molar-refractivity contribution in [3.05, 3.63) is 6.33 Å². The summed E-state index contributed by atoms with van der Waals surface area (Å²) in [7, 11) is 0. The van der Waals surface area contributed by atoms with Crippen LogP contribution in [-0.2, 0) is 9.53 Å². The van der Waals surface area contributed by atoms with Crippen molar-refractivity contribution < 1.29 is 9.53 Å². The fourth-order valence-corrected chi connectivity index (χ4v) is 6.19. The third-order valence-electron chi connectivity index (χ3n) is 6.87. The van der Waals surface area contributed by atoms with Crippen LogP contribution in [0.2, 0.25) is 0 Å². The molecule has 2 aliphatic heterocycles. The number of nitrogens with zero attached hydrogens (tertiary/aromatic N) is 4. The number of ether oxygens (including phenoxy) is 1. The van der Waals surface area contributed by atoms with E-state index >= 15 is 0 Å². The highest BCUT2D eigenvalue weighted by atomic mass is 16.5. The van der Waals surface area contributed by atoms with Gasteiger partial charge in [0, 0.05) is 25.7 Å². The Labute approximate surface area is 174 Å². The summed E-state index contributed by atoms with van der Waals surface area (Å²) in [6, 6.07) is 0.474. The number of esters is 1. The van der Waals surface area contributed by atoms with Gasteiger partial charge in [-0.05, 0) is 49.9 Å². The van der Waals surface area contributed by atoms with E-state index < -0.39 is 0 Å². The molecule has 0 radical (unpaired) electrons. The number of hydrogen-bond donors (Lipinski definition) is 1. The molecule has 3 atom stereocenters. The van der Waals surface area contributed by atoms with Crippen LogP contribution in [0.3, 0.4) is 0 Å². The molecule has 3 aliphatic rings. The van der Waals surface area contributed by atoms with Gasteiger partial charge in [0.1, 0.15) is 12.0 Å². The Kier molecular flexibility index (Phi) is 5.11. The average Bonchev–Trinajstić information content (AvgIpc) is 2.91. The smallest absolute Gasteiger partial charge is 0.310 e. The van der Waals surface area contributed by atoms with Crippen molar-refractivity contribution in [3.63, 3.8) is 0 Å². The highest BCUT2D eigenvalue weighted by Gasteiger charge is 2.50. The lowest BCUT2D eigenvalue weighted by molar-refractivity contribution is -0.148. The molecule has 3 heterocycles. The molecule has 29 heavy (non-hydrogen) atoms. The lowest BCUT2D eigenvalue weighted by Gasteiger charge is -2.39. The van der Waals surface area contributed by atoms with Gasteiger partial charge in [-0.2, -0.15) is 0 Å². The van der Waals surface area contributed by atoms with Gasteiger partial charge < -0.3 is 20.3 Å². The zero-order chi connectivity index (χ0) is 20.8. The topological polar surface area (TPSA) is 84.6 Å². The number of nitrogens with two attached hydrogens (primary N) is 1. The number of carbonyl (C=O) groups excluding carboxylic acids is 1. The highest BCUT2D eigenvalue weighted by Crippen LogP contribution is 2.54. The van der Waals surface area contributed by atoms with E-state index in [2.05, 4.69) is 40.5 Å². The van der Waals surface area contributed by atoms with Crippen molar-refractivity contribution in [2.24, 2.45) is 16.7 Å². The summed E-state index contributed by atoms with van der Waals surface area (Å²) >= 11 is 0. The molecule has 2 N–H and O–H groups in total. The predicted octanol–water partition coefficient (Wildman–Crippen LogP) is 3.24. The Morgan fingerprint density at radius 3 is 2.79 bits per heavy atom. The molecule has 1 aromatic rings. The Hall–Kier alpha value is -2.05. The molecular weight excluding hydrogens is 366 g/mol. The number of piperidine rings is 1. The first-order valence-electron chi connectivity index (χ1n) is 11.0. The lowest BCUT2D eigenvalue weighted by atomic mass is 9.65. The fraction of sp³-hybridized carbons (Fsp3) is 0.773. The molecule has 0 spiro atoms. The molecular formula is C22H35N5O2. The third kappa shape index (κ3) is 3.88. The number of rotatable bonds is 4. The molecule has 2 bridgehead atoms. The summed E-state index contributed by atoms with van der Waals surface area (Å²) in [6.45, 7) is 11.9. The molecule has 2 saturated heterocycles. The summed E-state index contributed by atoms with van der Waals surface area (Å²) in [5, 5.41) is 0. The van der Waals surface area contributed by atoms with Gasteiger partial charge in [0.15, 0.2) is 11.6 Å². The van der Waals surface area contributed by atoms with Crippen LogP contribution in [0.1, 0.15) is 59.8 Å². The molecule has 7 nitrogen and oxygen atoms in total. The molecule has 3 fully saturated rings. The van der Waals surface area contributed by atoms with Crippen LogP contribution in [0.4, 0.5) is 17.3 Å². The van der Waals surface area contributed by atoms with E-state index in [0.717, 1.165) is 44.0 Å². The van der Waals surface area contributed by atoms with Crippen molar-refractivity contribution in [2.45, 2.75) is 65.8 Å². The summed E-state index contributed by atoms with van der Waals surface area (Å²) in [5.41, 5.74) is 7.94. The van der Waals surface area contributed by atoms with Crippen LogP contribution in [0.5, 0.6) is 0 Å². The van der Waals surface area contributed by atoms with E-state index in [1.165, 1.54) is 12.8 Å². The third-order valence-corrected chi connectivity index (χ3v) is 6.87. The van der Waals surface area contributed by atoms with E-state index in [1.807, 2.05) is 6.92 Å². The molecule has 4 rings (SSSR count). The number of hydrogen-bond acceptors (Lipinski definition) is 7. The van der Waals surface area contributed by atoms with Gasteiger partial charge in [0.05, 0.1) is 12.5 Å². The summed E-state index contributed by atoms with van der Waals surface area (Å²) < 4.78 is 5.24. The fourth-order valence-electron chi connectivity index (χ4n) is 6.19. The number of carbonyl (C=O) groups is 1. The molecule has 1 saturated carbocycles. The molecule has 3 unspecified atom stereocenters. The second kappa shape index (κ2) is 7.33. The summed E-state index contributed by atoms with van der Waals surface area (Å²) in [6.07, 6.45) is 7.01. The molecule has 1 aliphatic carbocycles. The SMILES string of the molecule is CCOC(=O)C1CCCN(c2ncnc(N3CC4(C)CC3CC(C)(C)C4)c2N)C1. The average molecular weight is 402 g/mol. The number of anilines is 3. The maximum Gasteiger partial charge on any atom is 0.310 e. The van der Waals surface area contributed by atoms with Crippen molar-refractivity contribution in [1.82, 2.24) is 9.97 Å². The van der Waals surface area contributed by atoms with Crippen molar-refractivity contribution in [1.29, 1.82) is 0 Å². The van der Waals surface area contributed by atoms with E-state index in [1.54, 1.807) is 6.33 Å². The van der Waals surface area contributed by atoms with Gasteiger partial charge in [-0.25, -0.2) is 9.97 Å². The summed E-state index contributed by atoms with van der Waals surface area (Å²) in [5.74, 6) is 1.38. The molecule has 0 aromatic carbocycles. The number of nitrogen functional groups attached to an aromatic ring is 1. The molecule has 160 valence electrons.